The van der Waals surface area contributed by atoms with E-state index in [2.05, 4.69) is 15.6 Å². The molecule has 1 fully saturated rings. The summed E-state index contributed by atoms with van der Waals surface area (Å²) in [6, 6.07) is -0.602. The molecule has 1 aliphatic carbocycles. The fourth-order valence-corrected chi connectivity index (χ4v) is 3.17. The molecule has 0 spiro atoms. The topological polar surface area (TPSA) is 91.3 Å². The second kappa shape index (κ2) is 6.69. The molecule has 6 nitrogen and oxygen atoms in total. The summed E-state index contributed by atoms with van der Waals surface area (Å²) < 4.78 is 0. The molecule has 0 bridgehead atoms. The quantitative estimate of drug-likeness (QED) is 0.791. The zero-order chi connectivity index (χ0) is 14.5. The molecule has 0 radical (unpaired) electrons. The molecule has 1 aromatic rings. The first-order valence-corrected chi connectivity index (χ1v) is 7.62. The molecular formula is C13H19N3O3S. The van der Waals surface area contributed by atoms with Crippen molar-refractivity contribution >= 4 is 23.3 Å². The van der Waals surface area contributed by atoms with Gasteiger partial charge >= 0.3 is 12.0 Å². The van der Waals surface area contributed by atoms with Crippen LogP contribution < -0.4 is 10.6 Å². The first-order chi connectivity index (χ1) is 9.56. The van der Waals surface area contributed by atoms with Crippen molar-refractivity contribution in [1.29, 1.82) is 0 Å². The van der Waals surface area contributed by atoms with Gasteiger partial charge in [-0.25, -0.2) is 9.78 Å². The molecule has 0 saturated heterocycles. The van der Waals surface area contributed by atoms with Crippen LogP contribution in [0.2, 0.25) is 0 Å². The molecule has 0 aromatic carbocycles. The maximum absolute atomic E-state index is 11.8. The third kappa shape index (κ3) is 3.93. The minimum absolute atomic E-state index is 0.278. The van der Waals surface area contributed by atoms with Crippen LogP contribution in [0.25, 0.3) is 0 Å². The van der Waals surface area contributed by atoms with E-state index < -0.39 is 11.9 Å². The number of aromatic nitrogens is 1. The second-order valence-corrected chi connectivity index (χ2v) is 5.99. The van der Waals surface area contributed by atoms with Crippen molar-refractivity contribution in [2.24, 2.45) is 5.92 Å². The number of carboxylic acid groups (broad SMARTS) is 1. The van der Waals surface area contributed by atoms with Crippen LogP contribution >= 0.6 is 11.3 Å². The number of carbonyl (C=O) groups is 2. The lowest BCUT2D eigenvalue weighted by Gasteiger charge is -2.29. The minimum atomic E-state index is -0.828. The number of hydrogen-bond donors (Lipinski definition) is 3. The summed E-state index contributed by atoms with van der Waals surface area (Å²) in [4.78, 5) is 27.2. The van der Waals surface area contributed by atoms with Crippen molar-refractivity contribution in [3.8, 4) is 0 Å². The van der Waals surface area contributed by atoms with Gasteiger partial charge < -0.3 is 15.7 Å². The van der Waals surface area contributed by atoms with Crippen LogP contribution in [0.5, 0.6) is 0 Å². The first kappa shape index (κ1) is 14.8. The summed E-state index contributed by atoms with van der Waals surface area (Å²) in [7, 11) is 0. The molecule has 1 aromatic heterocycles. The summed E-state index contributed by atoms with van der Waals surface area (Å²) >= 11 is 1.50. The monoisotopic (exact) mass is 297 g/mol. The third-order valence-electron chi connectivity index (χ3n) is 3.47. The first-order valence-electron chi connectivity index (χ1n) is 6.74. The molecule has 2 rings (SSSR count). The second-order valence-electron chi connectivity index (χ2n) is 5.05. The predicted octanol–water partition coefficient (Wildman–Crippen LogP) is 1.89. The Morgan fingerprint density at radius 2 is 2.20 bits per heavy atom. The van der Waals surface area contributed by atoms with Gasteiger partial charge in [0.25, 0.3) is 0 Å². The van der Waals surface area contributed by atoms with Crippen LogP contribution in [0.4, 0.5) is 4.79 Å². The van der Waals surface area contributed by atoms with E-state index in [-0.39, 0.29) is 12.1 Å². The Morgan fingerprint density at radius 3 is 2.85 bits per heavy atom. The van der Waals surface area contributed by atoms with E-state index in [1.165, 1.54) is 11.3 Å². The van der Waals surface area contributed by atoms with Crippen LogP contribution in [0.1, 0.15) is 36.4 Å². The number of thiazole rings is 1. The van der Waals surface area contributed by atoms with Crippen LogP contribution in [0.15, 0.2) is 5.38 Å². The molecule has 2 amide bonds. The fraction of sp³-hybridized carbons (Fsp3) is 0.615. The standard InChI is InChI=1S/C13H19N3O3S/c1-8-7-20-11(15-8)6-14-13(19)16-10-5-3-2-4-9(10)12(17)18/h7,9-10H,2-6H2,1H3,(H,17,18)(H2,14,16,19). The van der Waals surface area contributed by atoms with E-state index in [1.54, 1.807) is 0 Å². The van der Waals surface area contributed by atoms with Crippen molar-refractivity contribution in [1.82, 2.24) is 15.6 Å². The molecule has 1 heterocycles. The largest absolute Gasteiger partial charge is 0.481 e. The highest BCUT2D eigenvalue weighted by Crippen LogP contribution is 2.24. The maximum Gasteiger partial charge on any atom is 0.315 e. The molecule has 7 heteroatoms. The average molecular weight is 297 g/mol. The molecule has 2 atom stereocenters. The highest BCUT2D eigenvalue weighted by atomic mass is 32.1. The number of nitrogens with zero attached hydrogens (tertiary/aromatic N) is 1. The van der Waals surface area contributed by atoms with Gasteiger partial charge in [0, 0.05) is 17.1 Å². The summed E-state index contributed by atoms with van der Waals surface area (Å²) in [6.07, 6.45) is 3.22. The Kier molecular flexibility index (Phi) is 4.94. The summed E-state index contributed by atoms with van der Waals surface area (Å²) in [5.41, 5.74) is 0.936. The molecular weight excluding hydrogens is 278 g/mol. The number of urea groups is 1. The summed E-state index contributed by atoms with van der Waals surface area (Å²) in [6.45, 7) is 2.27. The van der Waals surface area contributed by atoms with Gasteiger partial charge in [-0.05, 0) is 19.8 Å². The van der Waals surface area contributed by atoms with Gasteiger partial charge in [0.15, 0.2) is 0 Å². The summed E-state index contributed by atoms with van der Waals surface area (Å²) in [5, 5.41) is 17.4. The lowest BCUT2D eigenvalue weighted by atomic mass is 9.84. The third-order valence-corrected chi connectivity index (χ3v) is 4.43. The Morgan fingerprint density at radius 1 is 1.45 bits per heavy atom. The van der Waals surface area contributed by atoms with Gasteiger partial charge in [0.2, 0.25) is 0 Å². The molecule has 1 aliphatic rings. The highest BCUT2D eigenvalue weighted by molar-refractivity contribution is 7.09. The maximum atomic E-state index is 11.8. The van der Waals surface area contributed by atoms with E-state index in [0.717, 1.165) is 30.0 Å². The average Bonchev–Trinajstić information content (AvgIpc) is 2.83. The molecule has 3 N–H and O–H groups in total. The number of carboxylic acids is 1. The Hall–Kier alpha value is -1.63. The number of aryl methyl sites for hydroxylation is 1. The van der Waals surface area contributed by atoms with Crippen LogP contribution in [0, 0.1) is 12.8 Å². The number of aliphatic carboxylic acids is 1. The number of nitrogens with one attached hydrogen (secondary N) is 2. The van der Waals surface area contributed by atoms with Crippen molar-refractivity contribution in [3.05, 3.63) is 16.1 Å². The number of amides is 2. The van der Waals surface area contributed by atoms with Gasteiger partial charge in [-0.3, -0.25) is 4.79 Å². The van der Waals surface area contributed by atoms with E-state index in [0.29, 0.717) is 13.0 Å². The zero-order valence-corrected chi connectivity index (χ0v) is 12.2. The molecule has 20 heavy (non-hydrogen) atoms. The minimum Gasteiger partial charge on any atom is -0.481 e. The molecule has 110 valence electrons. The summed E-state index contributed by atoms with van der Waals surface area (Å²) in [5.74, 6) is -1.30. The SMILES string of the molecule is Cc1csc(CNC(=O)NC2CCCCC2C(=O)O)n1. The van der Waals surface area contributed by atoms with Gasteiger partial charge in [0.05, 0.1) is 12.5 Å². The lowest BCUT2D eigenvalue weighted by Crippen LogP contribution is -2.48. The van der Waals surface area contributed by atoms with Gasteiger partial charge in [-0.15, -0.1) is 11.3 Å². The van der Waals surface area contributed by atoms with Crippen LogP contribution in [-0.2, 0) is 11.3 Å². The smallest absolute Gasteiger partial charge is 0.315 e. The van der Waals surface area contributed by atoms with Crippen molar-refractivity contribution in [2.75, 3.05) is 0 Å². The van der Waals surface area contributed by atoms with Crippen molar-refractivity contribution < 1.29 is 14.7 Å². The van der Waals surface area contributed by atoms with Gasteiger partial charge in [-0.1, -0.05) is 12.8 Å². The lowest BCUT2D eigenvalue weighted by molar-refractivity contribution is -0.143. The van der Waals surface area contributed by atoms with Crippen molar-refractivity contribution in [3.63, 3.8) is 0 Å². The van der Waals surface area contributed by atoms with Gasteiger partial charge in [-0.2, -0.15) is 0 Å². The normalized spacial score (nSPS) is 22.2. The van der Waals surface area contributed by atoms with E-state index in [9.17, 15) is 9.59 Å². The van der Waals surface area contributed by atoms with Crippen LogP contribution in [-0.4, -0.2) is 28.1 Å². The van der Waals surface area contributed by atoms with Crippen LogP contribution in [0.3, 0.4) is 0 Å². The van der Waals surface area contributed by atoms with E-state index in [4.69, 9.17) is 5.11 Å². The molecule has 2 unspecified atom stereocenters. The van der Waals surface area contributed by atoms with E-state index in [1.807, 2.05) is 12.3 Å². The number of carbonyl (C=O) groups excluding carboxylic acids is 1. The Balaban J connectivity index is 1.82. The molecule has 0 aliphatic heterocycles. The van der Waals surface area contributed by atoms with Crippen molar-refractivity contribution in [2.45, 2.75) is 45.2 Å². The molecule has 1 saturated carbocycles. The van der Waals surface area contributed by atoms with E-state index >= 15 is 0 Å². The number of hydrogen-bond acceptors (Lipinski definition) is 4. The number of rotatable bonds is 4. The predicted molar refractivity (Wildman–Crippen MR) is 75.6 cm³/mol. The zero-order valence-electron chi connectivity index (χ0n) is 11.4. The van der Waals surface area contributed by atoms with Gasteiger partial charge in [0.1, 0.15) is 5.01 Å². The Bertz CT molecular complexity index is 489. The fourth-order valence-electron chi connectivity index (χ4n) is 2.46. The Labute approximate surface area is 121 Å². The highest BCUT2D eigenvalue weighted by Gasteiger charge is 2.31.